The topological polar surface area (TPSA) is 15.7 Å². The minimum absolute atomic E-state index is 0.772. The van der Waals surface area contributed by atoms with Gasteiger partial charge in [0.1, 0.15) is 0 Å². The van der Waals surface area contributed by atoms with Crippen molar-refractivity contribution in [1.82, 2.24) is 9.80 Å². The monoisotopic (exact) mass is 212 g/mol. The second-order valence-electron chi connectivity index (χ2n) is 4.80. The van der Waals surface area contributed by atoms with E-state index in [0.717, 1.165) is 19.4 Å². The van der Waals surface area contributed by atoms with E-state index in [1.165, 1.54) is 51.9 Å². The summed E-state index contributed by atoms with van der Waals surface area (Å²) in [5.74, 6) is 0. The van der Waals surface area contributed by atoms with E-state index in [1.807, 2.05) is 0 Å². The van der Waals surface area contributed by atoms with E-state index in [-0.39, 0.29) is 0 Å². The third kappa shape index (κ3) is 3.16. The summed E-state index contributed by atoms with van der Waals surface area (Å²) < 4.78 is 5.48. The molecule has 2 aliphatic rings. The van der Waals surface area contributed by atoms with Gasteiger partial charge in [0.15, 0.2) is 0 Å². The van der Waals surface area contributed by atoms with Crippen LogP contribution in [0.2, 0.25) is 0 Å². The standard InChI is InChI=1S/C12H24N2O/c1-2-3-4-6-13-7-8-14-11-15-9-5-12(14)10-13/h12H,2-11H2,1H3. The van der Waals surface area contributed by atoms with Crippen molar-refractivity contribution in [1.29, 1.82) is 0 Å². The maximum Gasteiger partial charge on any atom is 0.0993 e. The predicted molar refractivity (Wildman–Crippen MR) is 61.9 cm³/mol. The van der Waals surface area contributed by atoms with Crippen LogP contribution in [0.5, 0.6) is 0 Å². The molecule has 1 atom stereocenters. The predicted octanol–water partition coefficient (Wildman–Crippen LogP) is 1.54. The van der Waals surface area contributed by atoms with Crippen LogP contribution in [0.1, 0.15) is 32.6 Å². The van der Waals surface area contributed by atoms with Gasteiger partial charge in [0.2, 0.25) is 0 Å². The summed E-state index contributed by atoms with van der Waals surface area (Å²) in [4.78, 5) is 5.14. The Morgan fingerprint density at radius 1 is 1.27 bits per heavy atom. The number of piperazine rings is 1. The number of unbranched alkanes of at least 4 members (excludes halogenated alkanes) is 2. The van der Waals surface area contributed by atoms with Crippen molar-refractivity contribution in [2.24, 2.45) is 0 Å². The Morgan fingerprint density at radius 2 is 2.20 bits per heavy atom. The lowest BCUT2D eigenvalue weighted by Gasteiger charge is -2.43. The fourth-order valence-electron chi connectivity index (χ4n) is 2.59. The molecule has 0 aromatic rings. The van der Waals surface area contributed by atoms with Gasteiger partial charge in [-0.25, -0.2) is 0 Å². The first-order valence-corrected chi connectivity index (χ1v) is 6.44. The molecule has 3 heteroatoms. The van der Waals surface area contributed by atoms with Crippen molar-refractivity contribution in [3.8, 4) is 0 Å². The highest BCUT2D eigenvalue weighted by molar-refractivity contribution is 4.82. The van der Waals surface area contributed by atoms with Gasteiger partial charge in [-0.1, -0.05) is 19.8 Å². The third-order valence-corrected chi connectivity index (χ3v) is 3.62. The van der Waals surface area contributed by atoms with Crippen molar-refractivity contribution >= 4 is 0 Å². The number of fused-ring (bicyclic) bond motifs is 1. The van der Waals surface area contributed by atoms with Crippen molar-refractivity contribution in [2.75, 3.05) is 39.5 Å². The molecule has 1 unspecified atom stereocenters. The van der Waals surface area contributed by atoms with Crippen LogP contribution < -0.4 is 0 Å². The smallest absolute Gasteiger partial charge is 0.0993 e. The molecule has 2 rings (SSSR count). The van der Waals surface area contributed by atoms with Gasteiger partial charge < -0.3 is 9.64 Å². The molecule has 0 bridgehead atoms. The van der Waals surface area contributed by atoms with Crippen LogP contribution >= 0.6 is 0 Å². The van der Waals surface area contributed by atoms with E-state index in [4.69, 9.17) is 4.74 Å². The minimum atomic E-state index is 0.772. The highest BCUT2D eigenvalue weighted by Crippen LogP contribution is 2.17. The molecule has 0 saturated carbocycles. The lowest BCUT2D eigenvalue weighted by Crippen LogP contribution is -2.56. The van der Waals surface area contributed by atoms with Crippen molar-refractivity contribution in [2.45, 2.75) is 38.6 Å². The highest BCUT2D eigenvalue weighted by Gasteiger charge is 2.28. The van der Waals surface area contributed by atoms with Crippen molar-refractivity contribution < 1.29 is 4.74 Å². The Morgan fingerprint density at radius 3 is 3.07 bits per heavy atom. The lowest BCUT2D eigenvalue weighted by atomic mass is 10.1. The van der Waals surface area contributed by atoms with Crippen LogP contribution in [0, 0.1) is 0 Å². The molecular formula is C12H24N2O. The maximum atomic E-state index is 5.48. The average Bonchev–Trinajstić information content (AvgIpc) is 2.29. The molecule has 2 heterocycles. The summed E-state index contributed by atoms with van der Waals surface area (Å²) >= 11 is 0. The van der Waals surface area contributed by atoms with E-state index >= 15 is 0 Å². The van der Waals surface area contributed by atoms with Gasteiger partial charge in [0, 0.05) is 32.3 Å². The number of hydrogen-bond acceptors (Lipinski definition) is 3. The van der Waals surface area contributed by atoms with Crippen molar-refractivity contribution in [3.05, 3.63) is 0 Å². The average molecular weight is 212 g/mol. The molecule has 0 aromatic heterocycles. The third-order valence-electron chi connectivity index (χ3n) is 3.62. The normalized spacial score (nSPS) is 29.0. The molecule has 3 nitrogen and oxygen atoms in total. The van der Waals surface area contributed by atoms with Crippen LogP contribution in [0.4, 0.5) is 0 Å². The first-order valence-electron chi connectivity index (χ1n) is 6.44. The summed E-state index contributed by atoms with van der Waals surface area (Å²) in [6.07, 6.45) is 5.31. The first-order chi connectivity index (χ1) is 7.40. The van der Waals surface area contributed by atoms with Gasteiger partial charge in [0.05, 0.1) is 6.73 Å². The summed E-state index contributed by atoms with van der Waals surface area (Å²) in [5, 5.41) is 0. The van der Waals surface area contributed by atoms with Crippen LogP contribution in [0.15, 0.2) is 0 Å². The molecule has 0 amide bonds. The zero-order chi connectivity index (χ0) is 10.5. The number of ether oxygens (including phenoxy) is 1. The van der Waals surface area contributed by atoms with Gasteiger partial charge in [-0.15, -0.1) is 0 Å². The van der Waals surface area contributed by atoms with Gasteiger partial charge in [-0.3, -0.25) is 4.90 Å². The van der Waals surface area contributed by atoms with Crippen LogP contribution in [-0.4, -0.2) is 55.4 Å². The van der Waals surface area contributed by atoms with E-state index < -0.39 is 0 Å². The van der Waals surface area contributed by atoms with Crippen LogP contribution in [-0.2, 0) is 4.74 Å². The summed E-state index contributed by atoms with van der Waals surface area (Å²) in [5.41, 5.74) is 0. The number of nitrogens with zero attached hydrogens (tertiary/aromatic N) is 2. The number of rotatable bonds is 4. The molecule has 2 saturated heterocycles. The maximum absolute atomic E-state index is 5.48. The number of hydrogen-bond donors (Lipinski definition) is 0. The Hall–Kier alpha value is -0.120. The van der Waals surface area contributed by atoms with E-state index in [0.29, 0.717) is 0 Å². The van der Waals surface area contributed by atoms with Gasteiger partial charge in [0.25, 0.3) is 0 Å². The molecule has 2 aliphatic heterocycles. The van der Waals surface area contributed by atoms with Crippen LogP contribution in [0.3, 0.4) is 0 Å². The highest BCUT2D eigenvalue weighted by atomic mass is 16.5. The Kier molecular flexibility index (Phi) is 4.42. The van der Waals surface area contributed by atoms with E-state index in [2.05, 4.69) is 16.7 Å². The van der Waals surface area contributed by atoms with Gasteiger partial charge in [-0.05, 0) is 19.4 Å². The fraction of sp³-hybridized carbons (Fsp3) is 1.00. The second-order valence-corrected chi connectivity index (χ2v) is 4.80. The van der Waals surface area contributed by atoms with Gasteiger partial charge in [-0.2, -0.15) is 0 Å². The largest absolute Gasteiger partial charge is 0.366 e. The quantitative estimate of drug-likeness (QED) is 0.657. The molecule has 0 aliphatic carbocycles. The molecule has 88 valence electrons. The van der Waals surface area contributed by atoms with E-state index in [1.54, 1.807) is 0 Å². The first kappa shape index (κ1) is 11.4. The molecular weight excluding hydrogens is 188 g/mol. The molecule has 2 fully saturated rings. The summed E-state index contributed by atoms with van der Waals surface area (Å²) in [6, 6.07) is 0.772. The zero-order valence-electron chi connectivity index (χ0n) is 9.95. The molecule has 15 heavy (non-hydrogen) atoms. The Balaban J connectivity index is 1.71. The second kappa shape index (κ2) is 5.83. The Labute approximate surface area is 93.4 Å². The van der Waals surface area contributed by atoms with Crippen molar-refractivity contribution in [3.63, 3.8) is 0 Å². The molecule has 0 spiro atoms. The Bertz CT molecular complexity index is 184. The minimum Gasteiger partial charge on any atom is -0.366 e. The summed E-state index contributed by atoms with van der Waals surface area (Å²) in [6.45, 7) is 9.13. The van der Waals surface area contributed by atoms with E-state index in [9.17, 15) is 0 Å². The zero-order valence-corrected chi connectivity index (χ0v) is 9.95. The molecule has 0 N–H and O–H groups in total. The fourth-order valence-corrected chi connectivity index (χ4v) is 2.59. The van der Waals surface area contributed by atoms with Crippen LogP contribution in [0.25, 0.3) is 0 Å². The summed E-state index contributed by atoms with van der Waals surface area (Å²) in [7, 11) is 0. The SMILES string of the molecule is CCCCCN1CCN2COCCC2C1. The molecule has 0 radical (unpaired) electrons. The lowest BCUT2D eigenvalue weighted by molar-refractivity contribution is -0.0772. The van der Waals surface area contributed by atoms with Gasteiger partial charge >= 0.3 is 0 Å². The molecule has 0 aromatic carbocycles.